The van der Waals surface area contributed by atoms with Crippen molar-refractivity contribution in [2.75, 3.05) is 23.8 Å². The second-order valence-electron chi connectivity index (χ2n) is 5.31. The number of anilines is 3. The van der Waals surface area contributed by atoms with Crippen LogP contribution in [0.3, 0.4) is 0 Å². The van der Waals surface area contributed by atoms with Crippen LogP contribution in [0, 0.1) is 29.8 Å². The van der Waals surface area contributed by atoms with Crippen LogP contribution in [0.25, 0.3) is 11.5 Å². The second kappa shape index (κ2) is 7.80. The van der Waals surface area contributed by atoms with Gasteiger partial charge in [-0.25, -0.2) is 13.2 Å². The highest BCUT2D eigenvalue weighted by molar-refractivity contribution is 5.78. The van der Waals surface area contributed by atoms with Crippen LogP contribution in [0.4, 0.5) is 30.6 Å². The fraction of sp³-hybridized carbons (Fsp3) is 0.111. The van der Waals surface area contributed by atoms with Gasteiger partial charge in [-0.05, 0) is 30.3 Å². The van der Waals surface area contributed by atoms with Crippen molar-refractivity contribution in [2.45, 2.75) is 0 Å². The Labute approximate surface area is 152 Å². The summed E-state index contributed by atoms with van der Waals surface area (Å²) in [5.41, 5.74) is -0.161. The zero-order valence-corrected chi connectivity index (χ0v) is 13.8. The monoisotopic (exact) mass is 374 g/mol. The average molecular weight is 374 g/mol. The fourth-order valence-corrected chi connectivity index (χ4v) is 2.26. The van der Waals surface area contributed by atoms with Crippen LogP contribution < -0.4 is 10.6 Å². The average Bonchev–Trinajstić information content (AvgIpc) is 3.14. The van der Waals surface area contributed by atoms with E-state index in [1.807, 2.05) is 0 Å². The van der Waals surface area contributed by atoms with Crippen LogP contribution in [-0.4, -0.2) is 28.5 Å². The highest BCUT2D eigenvalue weighted by Crippen LogP contribution is 2.34. The molecule has 0 spiro atoms. The first-order valence-electron chi connectivity index (χ1n) is 7.73. The lowest BCUT2D eigenvalue weighted by molar-refractivity contribution is 0.309. The number of nitrogens with zero attached hydrogens (tertiary/aromatic N) is 2. The highest BCUT2D eigenvalue weighted by atomic mass is 19.2. The summed E-state index contributed by atoms with van der Waals surface area (Å²) in [4.78, 5) is 0. The molecule has 3 N–H and O–H groups in total. The molecule has 0 saturated carbocycles. The highest BCUT2D eigenvalue weighted by Gasteiger charge is 2.20. The quantitative estimate of drug-likeness (QED) is 0.575. The molecule has 0 bridgehead atoms. The van der Waals surface area contributed by atoms with Crippen LogP contribution in [0.5, 0.6) is 0 Å². The van der Waals surface area contributed by atoms with E-state index in [9.17, 15) is 13.2 Å². The van der Waals surface area contributed by atoms with E-state index >= 15 is 0 Å². The van der Waals surface area contributed by atoms with Crippen molar-refractivity contribution in [2.24, 2.45) is 0 Å². The number of aliphatic hydroxyl groups excluding tert-OH is 1. The molecule has 138 valence electrons. The lowest BCUT2D eigenvalue weighted by Crippen LogP contribution is -2.05. The van der Waals surface area contributed by atoms with Crippen molar-refractivity contribution in [3.8, 4) is 23.8 Å². The second-order valence-corrected chi connectivity index (χ2v) is 5.31. The van der Waals surface area contributed by atoms with E-state index in [1.54, 1.807) is 0 Å². The third-order valence-electron chi connectivity index (χ3n) is 3.53. The van der Waals surface area contributed by atoms with Crippen LogP contribution in [0.15, 0.2) is 34.7 Å². The molecule has 0 fully saturated rings. The van der Waals surface area contributed by atoms with Gasteiger partial charge in [0.1, 0.15) is 5.82 Å². The molecule has 1 heterocycles. The Bertz CT molecular complexity index is 1010. The van der Waals surface area contributed by atoms with Crippen molar-refractivity contribution in [3.63, 3.8) is 0 Å². The smallest absolute Gasteiger partial charge is 0.315 e. The largest absolute Gasteiger partial charge is 0.403 e. The molecule has 3 aromatic rings. The summed E-state index contributed by atoms with van der Waals surface area (Å²) in [6, 6.07) is 5.94. The molecule has 0 aliphatic rings. The number of benzene rings is 2. The first-order valence-corrected chi connectivity index (χ1v) is 7.73. The van der Waals surface area contributed by atoms with Gasteiger partial charge in [-0.2, -0.15) is 0 Å². The molecule has 9 heteroatoms. The molecule has 1 aromatic heterocycles. The predicted octanol–water partition coefficient (Wildman–Crippen LogP) is 3.28. The molecule has 2 aromatic carbocycles. The van der Waals surface area contributed by atoms with Crippen LogP contribution in [0.2, 0.25) is 0 Å². The molecular formula is C18H13F3N4O2. The number of aromatic nitrogens is 2. The Morgan fingerprint density at radius 2 is 1.93 bits per heavy atom. The summed E-state index contributed by atoms with van der Waals surface area (Å²) in [6.45, 7) is -0.000117. The molecule has 0 radical (unpaired) electrons. The molecule has 6 nitrogen and oxygen atoms in total. The lowest BCUT2D eigenvalue weighted by atomic mass is 10.1. The maximum absolute atomic E-state index is 14.4. The van der Waals surface area contributed by atoms with Crippen LogP contribution >= 0.6 is 0 Å². The minimum atomic E-state index is -1.24. The molecule has 0 atom stereocenters. The number of rotatable bonds is 6. The van der Waals surface area contributed by atoms with Gasteiger partial charge in [0.2, 0.25) is 0 Å². The molecule has 0 aliphatic heterocycles. The maximum atomic E-state index is 14.4. The number of nitrogens with one attached hydrogen (secondary N) is 2. The number of hydrogen-bond donors (Lipinski definition) is 3. The van der Waals surface area contributed by atoms with Gasteiger partial charge in [-0.3, -0.25) is 0 Å². The van der Waals surface area contributed by atoms with E-state index in [2.05, 4.69) is 26.8 Å². The minimum Gasteiger partial charge on any atom is -0.403 e. The van der Waals surface area contributed by atoms with E-state index < -0.39 is 17.5 Å². The summed E-state index contributed by atoms with van der Waals surface area (Å²) >= 11 is 0. The van der Waals surface area contributed by atoms with Crippen molar-refractivity contribution < 1.29 is 22.7 Å². The number of terminal acetylenes is 1. The number of halogens is 3. The van der Waals surface area contributed by atoms with E-state index in [4.69, 9.17) is 15.9 Å². The number of aliphatic hydroxyl groups is 1. The van der Waals surface area contributed by atoms with Gasteiger partial charge in [0.05, 0.1) is 23.5 Å². The lowest BCUT2D eigenvalue weighted by Gasteiger charge is -2.12. The zero-order valence-electron chi connectivity index (χ0n) is 13.8. The molecule has 0 amide bonds. The van der Waals surface area contributed by atoms with Crippen LogP contribution in [-0.2, 0) is 0 Å². The van der Waals surface area contributed by atoms with E-state index in [0.717, 1.165) is 12.1 Å². The molecular weight excluding hydrogens is 361 g/mol. The predicted molar refractivity (Wildman–Crippen MR) is 92.8 cm³/mol. The molecule has 3 rings (SSSR count). The Balaban J connectivity index is 2.01. The van der Waals surface area contributed by atoms with Gasteiger partial charge >= 0.3 is 6.01 Å². The van der Waals surface area contributed by atoms with Crippen molar-refractivity contribution in [3.05, 3.63) is 53.3 Å². The van der Waals surface area contributed by atoms with E-state index in [0.29, 0.717) is 5.56 Å². The van der Waals surface area contributed by atoms with Gasteiger partial charge in [0.15, 0.2) is 11.6 Å². The standard InChI is InChI=1S/C18H13F3N4O2/c1-2-10-3-6-14(13(20)9-10)23-16-11(4-5-12(19)15(16)21)17-24-25-18(27-17)22-7-8-26/h1,3-6,9,23,26H,7-8H2,(H,22,25). The Hall–Kier alpha value is -3.51. The van der Waals surface area contributed by atoms with Gasteiger partial charge in [0.25, 0.3) is 5.89 Å². The third kappa shape index (κ3) is 3.86. The Morgan fingerprint density at radius 1 is 1.11 bits per heavy atom. The van der Waals surface area contributed by atoms with Crippen molar-refractivity contribution >= 4 is 17.4 Å². The Kier molecular flexibility index (Phi) is 5.28. The molecule has 0 aliphatic carbocycles. The SMILES string of the molecule is C#Cc1ccc(Nc2c(-c3nnc(NCCO)o3)ccc(F)c2F)c(F)c1. The third-order valence-corrected chi connectivity index (χ3v) is 3.53. The van der Waals surface area contributed by atoms with Gasteiger partial charge in [-0.15, -0.1) is 11.5 Å². The normalized spacial score (nSPS) is 10.5. The Morgan fingerprint density at radius 3 is 2.63 bits per heavy atom. The molecule has 27 heavy (non-hydrogen) atoms. The summed E-state index contributed by atoms with van der Waals surface area (Å²) in [6.07, 6.45) is 5.21. The van der Waals surface area contributed by atoms with Crippen molar-refractivity contribution in [1.82, 2.24) is 10.2 Å². The van der Waals surface area contributed by atoms with Gasteiger partial charge < -0.3 is 20.2 Å². The van der Waals surface area contributed by atoms with Crippen LogP contribution in [0.1, 0.15) is 5.56 Å². The van der Waals surface area contributed by atoms with Gasteiger partial charge in [-0.1, -0.05) is 11.0 Å². The molecule has 0 unspecified atom stereocenters. The first-order chi connectivity index (χ1) is 13.0. The summed E-state index contributed by atoms with van der Waals surface area (Å²) in [5.74, 6) is -0.970. The minimum absolute atomic E-state index is 0.0145. The summed E-state index contributed by atoms with van der Waals surface area (Å²) < 4.78 is 47.6. The maximum Gasteiger partial charge on any atom is 0.315 e. The molecule has 0 saturated heterocycles. The van der Waals surface area contributed by atoms with Gasteiger partial charge in [0, 0.05) is 12.1 Å². The summed E-state index contributed by atoms with van der Waals surface area (Å²) in [5, 5.41) is 21.4. The van der Waals surface area contributed by atoms with E-state index in [-0.39, 0.29) is 42.0 Å². The summed E-state index contributed by atoms with van der Waals surface area (Å²) in [7, 11) is 0. The van der Waals surface area contributed by atoms with E-state index in [1.165, 1.54) is 18.2 Å². The zero-order chi connectivity index (χ0) is 19.4. The van der Waals surface area contributed by atoms with Crippen molar-refractivity contribution in [1.29, 1.82) is 0 Å². The fourth-order valence-electron chi connectivity index (χ4n) is 2.26. The number of hydrogen-bond acceptors (Lipinski definition) is 6. The topological polar surface area (TPSA) is 83.2 Å². The first kappa shape index (κ1) is 18.3.